The van der Waals surface area contributed by atoms with Crippen molar-refractivity contribution in [1.29, 1.82) is 0 Å². The van der Waals surface area contributed by atoms with E-state index in [1.165, 1.54) is 0 Å². The Morgan fingerprint density at radius 3 is 2.18 bits per heavy atom. The summed E-state index contributed by atoms with van der Waals surface area (Å²) in [4.78, 5) is 10.5. The first-order valence-corrected chi connectivity index (χ1v) is 7.10. The van der Waals surface area contributed by atoms with Crippen LogP contribution < -0.4 is 0 Å². The number of carbonyl (C=O) groups excluding carboxylic acids is 1. The second kappa shape index (κ2) is 13.0. The maximum absolute atomic E-state index is 10.5. The van der Waals surface area contributed by atoms with E-state index in [-0.39, 0.29) is 0 Å². The molecule has 0 aliphatic carbocycles. The van der Waals surface area contributed by atoms with Crippen LogP contribution in [0.25, 0.3) is 0 Å². The van der Waals surface area contributed by atoms with Crippen LogP contribution in [-0.4, -0.2) is 68.9 Å². The Balaban J connectivity index is 1.80. The predicted molar refractivity (Wildman–Crippen MR) is 79.7 cm³/mol. The van der Waals surface area contributed by atoms with Gasteiger partial charge < -0.3 is 18.9 Å². The molecule has 0 aliphatic rings. The topological polar surface area (TPSA) is 71.8 Å². The highest BCUT2D eigenvalue weighted by Crippen LogP contribution is 1.92. The SMILES string of the molecule is C#CCOCCOCCOCCOCCn1ccc(C=O)n1. The number of rotatable bonds is 14. The van der Waals surface area contributed by atoms with E-state index in [9.17, 15) is 4.79 Å². The van der Waals surface area contributed by atoms with Gasteiger partial charge in [-0.05, 0) is 6.07 Å². The van der Waals surface area contributed by atoms with Gasteiger partial charge in [-0.3, -0.25) is 9.48 Å². The molecule has 7 nitrogen and oxygen atoms in total. The van der Waals surface area contributed by atoms with Crippen LogP contribution in [0.5, 0.6) is 0 Å². The summed E-state index contributed by atoms with van der Waals surface area (Å²) < 4.78 is 22.7. The first-order valence-electron chi connectivity index (χ1n) is 7.10. The van der Waals surface area contributed by atoms with Crippen LogP contribution in [0.15, 0.2) is 12.3 Å². The van der Waals surface area contributed by atoms with Gasteiger partial charge in [0.15, 0.2) is 6.29 Å². The fraction of sp³-hybridized carbons (Fsp3) is 0.600. The molecular formula is C15H22N2O5. The van der Waals surface area contributed by atoms with Gasteiger partial charge in [-0.2, -0.15) is 5.10 Å². The molecule has 0 fully saturated rings. The zero-order valence-corrected chi connectivity index (χ0v) is 12.6. The minimum absolute atomic E-state index is 0.312. The van der Waals surface area contributed by atoms with E-state index in [2.05, 4.69) is 11.0 Å². The molecule has 0 atom stereocenters. The minimum Gasteiger partial charge on any atom is -0.377 e. The number of terminal acetylenes is 1. The van der Waals surface area contributed by atoms with E-state index in [0.717, 1.165) is 0 Å². The molecule has 0 saturated carbocycles. The summed E-state index contributed by atoms with van der Waals surface area (Å²) in [6, 6.07) is 1.66. The van der Waals surface area contributed by atoms with Crippen LogP contribution >= 0.6 is 0 Å². The van der Waals surface area contributed by atoms with Crippen molar-refractivity contribution in [3.05, 3.63) is 18.0 Å². The monoisotopic (exact) mass is 310 g/mol. The first-order chi connectivity index (χ1) is 10.9. The normalized spacial score (nSPS) is 10.5. The zero-order chi connectivity index (χ0) is 15.9. The van der Waals surface area contributed by atoms with Gasteiger partial charge in [0.25, 0.3) is 0 Å². The Kier molecular flexibility index (Phi) is 10.8. The second-order valence-electron chi connectivity index (χ2n) is 4.22. The predicted octanol–water partition coefficient (Wildman–Crippen LogP) is 0.395. The van der Waals surface area contributed by atoms with E-state index in [0.29, 0.717) is 71.4 Å². The standard InChI is InChI=1S/C15H22N2O5/c1-2-6-19-8-10-21-12-13-22-11-9-20-7-5-17-4-3-15(14-18)16-17/h1,3-4,14H,5-13H2. The lowest BCUT2D eigenvalue weighted by Gasteiger charge is -2.07. The van der Waals surface area contributed by atoms with Crippen molar-refractivity contribution < 1.29 is 23.7 Å². The first kappa shape index (κ1) is 18.3. The van der Waals surface area contributed by atoms with Crippen molar-refractivity contribution >= 4 is 6.29 Å². The second-order valence-corrected chi connectivity index (χ2v) is 4.22. The Bertz CT molecular complexity index is 441. The number of hydrogen-bond acceptors (Lipinski definition) is 6. The van der Waals surface area contributed by atoms with E-state index in [1.807, 2.05) is 0 Å². The van der Waals surface area contributed by atoms with E-state index >= 15 is 0 Å². The maximum Gasteiger partial charge on any atom is 0.170 e. The average Bonchev–Trinajstić information content (AvgIpc) is 3.00. The van der Waals surface area contributed by atoms with Gasteiger partial charge in [0.1, 0.15) is 12.3 Å². The number of carbonyl (C=O) groups is 1. The lowest BCUT2D eigenvalue weighted by Crippen LogP contribution is -2.13. The Labute approximate surface area is 130 Å². The van der Waals surface area contributed by atoms with Gasteiger partial charge in [-0.25, -0.2) is 0 Å². The van der Waals surface area contributed by atoms with Crippen LogP contribution in [0.4, 0.5) is 0 Å². The molecule has 0 radical (unpaired) electrons. The summed E-state index contributed by atoms with van der Waals surface area (Å²) in [6.07, 6.45) is 7.49. The molecule has 22 heavy (non-hydrogen) atoms. The van der Waals surface area contributed by atoms with E-state index in [4.69, 9.17) is 25.4 Å². The molecule has 0 unspecified atom stereocenters. The molecule has 1 aromatic rings. The smallest absolute Gasteiger partial charge is 0.170 e. The van der Waals surface area contributed by atoms with Crippen molar-refractivity contribution in [2.45, 2.75) is 6.54 Å². The molecule has 0 N–H and O–H groups in total. The minimum atomic E-state index is 0.312. The van der Waals surface area contributed by atoms with E-state index in [1.54, 1.807) is 16.9 Å². The summed E-state index contributed by atoms with van der Waals surface area (Å²) in [5, 5.41) is 4.02. The van der Waals surface area contributed by atoms with Gasteiger partial charge >= 0.3 is 0 Å². The van der Waals surface area contributed by atoms with Crippen LogP contribution in [0.1, 0.15) is 10.5 Å². The molecule has 0 bridgehead atoms. The lowest BCUT2D eigenvalue weighted by molar-refractivity contribution is 0.000229. The molecule has 1 heterocycles. The van der Waals surface area contributed by atoms with Crippen molar-refractivity contribution in [2.75, 3.05) is 52.9 Å². The Morgan fingerprint density at radius 2 is 1.64 bits per heavy atom. The summed E-state index contributed by atoms with van der Waals surface area (Å²) in [7, 11) is 0. The average molecular weight is 310 g/mol. The molecular weight excluding hydrogens is 288 g/mol. The molecule has 7 heteroatoms. The molecule has 0 saturated heterocycles. The van der Waals surface area contributed by atoms with Gasteiger partial charge in [0.2, 0.25) is 0 Å². The number of aromatic nitrogens is 2. The maximum atomic E-state index is 10.5. The molecule has 0 amide bonds. The Morgan fingerprint density at radius 1 is 1.05 bits per heavy atom. The van der Waals surface area contributed by atoms with E-state index < -0.39 is 0 Å². The number of hydrogen-bond donors (Lipinski definition) is 0. The molecule has 0 aliphatic heterocycles. The van der Waals surface area contributed by atoms with Crippen molar-refractivity contribution in [3.63, 3.8) is 0 Å². The largest absolute Gasteiger partial charge is 0.377 e. The van der Waals surface area contributed by atoms with Gasteiger partial charge in [-0.1, -0.05) is 5.92 Å². The highest BCUT2D eigenvalue weighted by molar-refractivity contribution is 5.71. The third kappa shape index (κ3) is 9.26. The zero-order valence-electron chi connectivity index (χ0n) is 12.6. The van der Waals surface area contributed by atoms with Gasteiger partial charge in [-0.15, -0.1) is 6.42 Å². The molecule has 0 spiro atoms. The van der Waals surface area contributed by atoms with Crippen LogP contribution in [-0.2, 0) is 25.5 Å². The number of nitrogens with zero attached hydrogens (tertiary/aromatic N) is 2. The molecule has 1 rings (SSSR count). The third-order valence-electron chi connectivity index (χ3n) is 2.55. The van der Waals surface area contributed by atoms with Crippen molar-refractivity contribution in [3.8, 4) is 12.3 Å². The highest BCUT2D eigenvalue weighted by atomic mass is 16.6. The Hall–Kier alpha value is -1.72. The van der Waals surface area contributed by atoms with Crippen LogP contribution in [0, 0.1) is 12.3 Å². The van der Waals surface area contributed by atoms with Crippen molar-refractivity contribution in [1.82, 2.24) is 9.78 Å². The summed E-state index contributed by atoms with van der Waals surface area (Å²) >= 11 is 0. The van der Waals surface area contributed by atoms with Crippen molar-refractivity contribution in [2.24, 2.45) is 0 Å². The third-order valence-corrected chi connectivity index (χ3v) is 2.55. The summed E-state index contributed by atoms with van der Waals surface area (Å²) in [5.41, 5.74) is 0.424. The summed E-state index contributed by atoms with van der Waals surface area (Å²) in [5.74, 6) is 2.38. The van der Waals surface area contributed by atoms with Crippen LogP contribution in [0.3, 0.4) is 0 Å². The number of ether oxygens (including phenoxy) is 4. The van der Waals surface area contributed by atoms with Gasteiger partial charge in [0, 0.05) is 6.20 Å². The molecule has 0 aromatic carbocycles. The fourth-order valence-electron chi connectivity index (χ4n) is 1.51. The number of aldehydes is 1. The molecule has 122 valence electrons. The quantitative estimate of drug-likeness (QED) is 0.281. The highest BCUT2D eigenvalue weighted by Gasteiger charge is 1.97. The van der Waals surface area contributed by atoms with Gasteiger partial charge in [0.05, 0.1) is 52.8 Å². The summed E-state index contributed by atoms with van der Waals surface area (Å²) in [6.45, 7) is 4.48. The fourth-order valence-corrected chi connectivity index (χ4v) is 1.51. The molecule has 1 aromatic heterocycles. The van der Waals surface area contributed by atoms with Crippen LogP contribution in [0.2, 0.25) is 0 Å². The lowest BCUT2D eigenvalue weighted by atomic mass is 10.5.